The normalized spacial score (nSPS) is 12.8. The summed E-state index contributed by atoms with van der Waals surface area (Å²) in [5.41, 5.74) is 0.947. The molecule has 0 saturated carbocycles. The van der Waals surface area contributed by atoms with Gasteiger partial charge in [0.25, 0.3) is 0 Å². The van der Waals surface area contributed by atoms with Crippen LogP contribution in [0.15, 0.2) is 89.2 Å². The summed E-state index contributed by atoms with van der Waals surface area (Å²) in [5, 5.41) is 1.23. The maximum atomic E-state index is 12.9. The number of hydrogen-bond acceptors (Lipinski definition) is 2. The number of halogens is 3. The molecular formula is C22H17F3O2SSe. The van der Waals surface area contributed by atoms with Crippen molar-refractivity contribution in [1.82, 2.24) is 0 Å². The molecule has 0 spiro atoms. The number of alkyl halides is 3. The van der Waals surface area contributed by atoms with Gasteiger partial charge in [-0.3, -0.25) is 0 Å². The number of rotatable bonds is 5. The second-order valence-electron chi connectivity index (χ2n) is 6.33. The maximum absolute atomic E-state index is 12.9. The average molecular weight is 481 g/mol. The quantitative estimate of drug-likeness (QED) is 0.490. The minimum absolute atomic E-state index is 0.180. The van der Waals surface area contributed by atoms with Crippen molar-refractivity contribution in [3.63, 3.8) is 0 Å². The molecule has 0 amide bonds. The van der Waals surface area contributed by atoms with E-state index in [-0.39, 0.29) is 4.90 Å². The Labute approximate surface area is 174 Å². The number of aryl methyl sites for hydroxylation is 1. The van der Waals surface area contributed by atoms with Gasteiger partial charge in [-0.1, -0.05) is 0 Å². The molecule has 7 heteroatoms. The topological polar surface area (TPSA) is 34.1 Å². The van der Waals surface area contributed by atoms with Crippen molar-refractivity contribution in [3.8, 4) is 0 Å². The van der Waals surface area contributed by atoms with Gasteiger partial charge in [0.1, 0.15) is 0 Å². The second-order valence-corrected chi connectivity index (χ2v) is 10.5. The average Bonchev–Trinajstić information content (AvgIpc) is 2.68. The standard InChI is InChI=1S/C22H17F3O2SSe/c1-16-7-11-19(12-8-16)28(26,27)15-21(17-5-3-2-4-6-17)29-20-13-9-18(10-14-20)22(23,24)25/h2-15H,1H3/b21-15+. The Morgan fingerprint density at radius 2 is 1.45 bits per heavy atom. The van der Waals surface area contributed by atoms with Crippen LogP contribution in [0, 0.1) is 6.92 Å². The van der Waals surface area contributed by atoms with Crippen molar-refractivity contribution in [2.45, 2.75) is 18.0 Å². The second kappa shape index (κ2) is 8.57. The first-order valence-corrected chi connectivity index (χ1v) is 11.8. The van der Waals surface area contributed by atoms with Gasteiger partial charge in [-0.15, -0.1) is 0 Å². The summed E-state index contributed by atoms with van der Waals surface area (Å²) < 4.78 is 65.4. The molecular weight excluding hydrogens is 464 g/mol. The van der Waals surface area contributed by atoms with Crippen molar-refractivity contribution < 1.29 is 21.6 Å². The SMILES string of the molecule is Cc1ccc(S(=O)(=O)/C=C(/[Se]c2ccc(C(F)(F)F)cc2)c2ccccc2)cc1. The van der Waals surface area contributed by atoms with Gasteiger partial charge in [-0.25, -0.2) is 0 Å². The zero-order valence-electron chi connectivity index (χ0n) is 15.3. The molecule has 0 aliphatic carbocycles. The Balaban J connectivity index is 1.99. The van der Waals surface area contributed by atoms with Gasteiger partial charge in [0.2, 0.25) is 0 Å². The molecule has 0 fully saturated rings. The van der Waals surface area contributed by atoms with Crippen LogP contribution in [-0.4, -0.2) is 23.4 Å². The Morgan fingerprint density at radius 1 is 0.862 bits per heavy atom. The fraction of sp³-hybridized carbons (Fsp3) is 0.0909. The number of sulfone groups is 1. The van der Waals surface area contributed by atoms with Crippen LogP contribution in [-0.2, 0) is 16.0 Å². The zero-order chi connectivity index (χ0) is 21.1. The van der Waals surface area contributed by atoms with Crippen LogP contribution in [0.4, 0.5) is 13.2 Å². The molecule has 3 aromatic rings. The molecule has 0 aliphatic rings. The van der Waals surface area contributed by atoms with Crippen molar-refractivity contribution in [2.75, 3.05) is 0 Å². The van der Waals surface area contributed by atoms with Crippen LogP contribution in [0.3, 0.4) is 0 Å². The Bertz CT molecular complexity index is 1100. The van der Waals surface area contributed by atoms with Gasteiger partial charge in [-0.05, 0) is 0 Å². The summed E-state index contributed by atoms with van der Waals surface area (Å²) in [4.78, 5) is 0.180. The van der Waals surface area contributed by atoms with Crippen LogP contribution < -0.4 is 4.46 Å². The fourth-order valence-electron chi connectivity index (χ4n) is 2.53. The molecule has 3 aromatic carbocycles. The predicted octanol–water partition coefficient (Wildman–Crippen LogP) is 4.82. The molecule has 0 aliphatic heterocycles. The van der Waals surface area contributed by atoms with E-state index in [0.29, 0.717) is 8.93 Å². The van der Waals surface area contributed by atoms with Crippen LogP contribution in [0.25, 0.3) is 4.47 Å². The first-order chi connectivity index (χ1) is 13.6. The molecule has 0 heterocycles. The molecule has 0 saturated heterocycles. The first-order valence-electron chi connectivity index (χ1n) is 8.59. The Kier molecular flexibility index (Phi) is 6.32. The third-order valence-electron chi connectivity index (χ3n) is 4.08. The van der Waals surface area contributed by atoms with E-state index in [0.717, 1.165) is 23.3 Å². The zero-order valence-corrected chi connectivity index (χ0v) is 17.9. The summed E-state index contributed by atoms with van der Waals surface area (Å²) in [7, 11) is -3.70. The van der Waals surface area contributed by atoms with Gasteiger partial charge >= 0.3 is 174 Å². The predicted molar refractivity (Wildman–Crippen MR) is 110 cm³/mol. The van der Waals surface area contributed by atoms with E-state index in [1.807, 2.05) is 13.0 Å². The minimum atomic E-state index is -4.40. The van der Waals surface area contributed by atoms with Gasteiger partial charge in [0.05, 0.1) is 0 Å². The number of hydrogen-bond donors (Lipinski definition) is 0. The van der Waals surface area contributed by atoms with Crippen LogP contribution in [0.1, 0.15) is 16.7 Å². The summed E-state index contributed by atoms with van der Waals surface area (Å²) in [6, 6.07) is 20.4. The monoisotopic (exact) mass is 482 g/mol. The van der Waals surface area contributed by atoms with Gasteiger partial charge in [0.15, 0.2) is 0 Å². The van der Waals surface area contributed by atoms with E-state index < -0.39 is 36.5 Å². The van der Waals surface area contributed by atoms with Crippen molar-refractivity contribution in [3.05, 3.63) is 101 Å². The van der Waals surface area contributed by atoms with E-state index in [4.69, 9.17) is 0 Å². The van der Waals surface area contributed by atoms with Crippen molar-refractivity contribution >= 4 is 33.7 Å². The van der Waals surface area contributed by atoms with E-state index in [9.17, 15) is 21.6 Å². The van der Waals surface area contributed by atoms with Gasteiger partial charge in [0, 0.05) is 0 Å². The third kappa shape index (κ3) is 5.60. The van der Waals surface area contributed by atoms with E-state index >= 15 is 0 Å². The molecule has 150 valence electrons. The fourth-order valence-corrected chi connectivity index (χ4v) is 6.38. The van der Waals surface area contributed by atoms with E-state index in [1.54, 1.807) is 48.5 Å². The van der Waals surface area contributed by atoms with Crippen molar-refractivity contribution in [2.24, 2.45) is 0 Å². The summed E-state index contributed by atoms with van der Waals surface area (Å²) in [6.45, 7) is 1.87. The molecule has 0 aromatic heterocycles. The van der Waals surface area contributed by atoms with E-state index in [2.05, 4.69) is 0 Å². The van der Waals surface area contributed by atoms with Gasteiger partial charge in [-0.2, -0.15) is 0 Å². The molecule has 0 bridgehead atoms. The van der Waals surface area contributed by atoms with E-state index in [1.165, 1.54) is 17.5 Å². The third-order valence-corrected chi connectivity index (χ3v) is 8.16. The van der Waals surface area contributed by atoms with Gasteiger partial charge < -0.3 is 0 Å². The molecule has 3 rings (SSSR count). The molecule has 0 atom stereocenters. The van der Waals surface area contributed by atoms with Crippen LogP contribution in [0.5, 0.6) is 0 Å². The summed E-state index contributed by atoms with van der Waals surface area (Å²) in [5.74, 6) is 0. The molecule has 0 unspecified atom stereocenters. The molecule has 29 heavy (non-hydrogen) atoms. The Hall–Kier alpha value is -2.34. The van der Waals surface area contributed by atoms with Crippen LogP contribution in [0.2, 0.25) is 0 Å². The summed E-state index contributed by atoms with van der Waals surface area (Å²) in [6.07, 6.45) is -4.40. The molecule has 2 nitrogen and oxygen atoms in total. The van der Waals surface area contributed by atoms with Crippen molar-refractivity contribution in [1.29, 1.82) is 0 Å². The molecule has 0 radical (unpaired) electrons. The summed E-state index contributed by atoms with van der Waals surface area (Å²) >= 11 is -0.497. The van der Waals surface area contributed by atoms with Crippen LogP contribution >= 0.6 is 0 Å². The Morgan fingerprint density at radius 3 is 2.00 bits per heavy atom. The molecule has 0 N–H and O–H groups in total. The number of benzene rings is 3. The first kappa shape index (κ1) is 21.4.